The monoisotopic (exact) mass is 1670 g/mol. The first kappa shape index (κ1) is 97.6. The van der Waals surface area contributed by atoms with E-state index in [9.17, 15) is 28.8 Å². The number of esters is 1. The number of halogens is 3. The summed E-state index contributed by atoms with van der Waals surface area (Å²) in [4.78, 5) is 99.2. The number of aliphatic hydroxyl groups is 1. The van der Waals surface area contributed by atoms with Crippen molar-refractivity contribution in [3.05, 3.63) is 245 Å². The minimum absolute atomic E-state index is 0. The van der Waals surface area contributed by atoms with Gasteiger partial charge in [-0.15, -0.1) is 11.8 Å². The van der Waals surface area contributed by atoms with Gasteiger partial charge in [0.25, 0.3) is 12.9 Å². The summed E-state index contributed by atoms with van der Waals surface area (Å²) in [6.07, 6.45) is 0.110. The summed E-state index contributed by atoms with van der Waals surface area (Å²) in [5, 5.41) is 44.8. The van der Waals surface area contributed by atoms with E-state index in [-0.39, 0.29) is 296 Å². The van der Waals surface area contributed by atoms with E-state index >= 15 is 0 Å². The van der Waals surface area contributed by atoms with Gasteiger partial charge in [0.1, 0.15) is 47.1 Å². The minimum atomic E-state index is -0.989. The summed E-state index contributed by atoms with van der Waals surface area (Å²) in [6, 6.07) is 50.5. The van der Waals surface area contributed by atoms with Gasteiger partial charge < -0.3 is 63.6 Å². The molecule has 0 radical (unpaired) electrons. The van der Waals surface area contributed by atoms with E-state index < -0.39 is 27.8 Å². The number of amides is 2. The Labute approximate surface area is 808 Å². The van der Waals surface area contributed by atoms with E-state index in [0.717, 1.165) is 59.0 Å². The molecule has 0 bridgehead atoms. The molecule has 2 aliphatic rings. The van der Waals surface area contributed by atoms with Crippen LogP contribution in [0.3, 0.4) is 0 Å². The van der Waals surface area contributed by atoms with Crippen molar-refractivity contribution in [1.82, 2.24) is 10.6 Å². The molecule has 20 nitrogen and oxygen atoms in total. The molecule has 5 heterocycles. The van der Waals surface area contributed by atoms with E-state index in [1.165, 1.54) is 41.5 Å². The fraction of sp³-hybridized carbons (Fsp3) is 0.200. The van der Waals surface area contributed by atoms with Crippen molar-refractivity contribution < 1.29 is 291 Å². The van der Waals surface area contributed by atoms with Crippen LogP contribution in [0.1, 0.15) is 68.3 Å². The Morgan fingerprint density at radius 1 is 0.602 bits per heavy atom. The zero-order chi connectivity index (χ0) is 71.8. The maximum absolute atomic E-state index is 13.2. The molecule has 0 spiro atoms. The predicted molar refractivity (Wildman–Crippen MR) is 383 cm³/mol. The summed E-state index contributed by atoms with van der Waals surface area (Å²) in [7, 11) is 7.68. The van der Waals surface area contributed by atoms with Gasteiger partial charge in [-0.2, -0.15) is 34.0 Å². The van der Waals surface area contributed by atoms with Crippen molar-refractivity contribution in [2.24, 2.45) is 5.73 Å². The fourth-order valence-electron chi connectivity index (χ4n) is 9.89. The van der Waals surface area contributed by atoms with E-state index in [0.29, 0.717) is 21.4 Å². The van der Waals surface area contributed by atoms with Gasteiger partial charge in [-0.25, -0.2) is 0 Å². The minimum Gasteiger partial charge on any atom is -1.00 e. The Bertz CT molecular complexity index is 4000. The van der Waals surface area contributed by atoms with Gasteiger partial charge in [-0.3, -0.25) is 38.4 Å². The molecule has 6 aromatic carbocycles. The van der Waals surface area contributed by atoms with Crippen molar-refractivity contribution in [2.45, 2.75) is 68.7 Å². The molecular weight excluding hydrogens is 1610 g/mol. The third-order valence-electron chi connectivity index (χ3n) is 14.5. The second-order valence-electron chi connectivity index (χ2n) is 20.8. The number of Topliss-reactive ketones (excluding diaryl/α,β-unsaturated/α-hetero) is 3. The number of ketones is 3. The third-order valence-corrected chi connectivity index (χ3v) is 21.7. The number of nitrogens with two attached hydrogens (primary N) is 1. The standard InChI is InChI=1S/C23H20ClNO4S2.C17H19NO4S.C16H15NO3S.C12H8Cl2S2.2CH2O3.4K.2H/c24-18-3-1-2-4-20(18)31-21-19(27)13-23(25-22(21)28,16-9-12-30-14-16)15-5-7-17(8-6-15)29-11-10-26;1-21-15-5-3-12(4-6-15)17(18,13-7-8-23-11-13)10-14(19)9-16(20)22-2;1-20-14-4-2-11(3-5-14)16(12-6-7-21-10-12)9-13(18)8-15(19)17-16;13-9-5-1-3-7-11(9)15-16-12-8-4-2-6-10(12)14;2*2-1-4-3;;;;;;/h1-9,12,14,21,26H,10-11,13H2,(H,25,28);3-8,11H,9-10,18H2,1-2H3;2-7,10H,8-9H2,1H3,(H,17,19);1-8H;2*1,3H;;;;;;/q;;;;;;4*+1;2*-1/p-2. The summed E-state index contributed by atoms with van der Waals surface area (Å²) >= 11 is 24.1. The molecule has 2 fully saturated rings. The summed E-state index contributed by atoms with van der Waals surface area (Å²) < 4.78 is 20.3. The Morgan fingerprint density at radius 3 is 1.44 bits per heavy atom. The van der Waals surface area contributed by atoms with Crippen LogP contribution < -0.4 is 247 Å². The maximum atomic E-state index is 13.2. The van der Waals surface area contributed by atoms with Gasteiger partial charge in [0, 0.05) is 33.9 Å². The number of methoxy groups -OCH3 is 3. The number of thioether (sulfide) groups is 1. The molecule has 2 aliphatic heterocycles. The molecule has 4 atom stereocenters. The van der Waals surface area contributed by atoms with Crippen LogP contribution in [-0.4, -0.2) is 93.0 Å². The Kier molecular flexibility index (Phi) is 49.1. The van der Waals surface area contributed by atoms with Gasteiger partial charge >= 0.3 is 212 Å². The average molecular weight is 1680 g/mol. The SMILES string of the molecule is COC(=O)CC(=O)CC(N)(c1ccc(OC)cc1)c1ccsc1.COc1ccc(C2(c3ccsc3)CC(=O)CC(=O)N2)cc1.Clc1ccccc1SSc1ccccc1Cl.O=C1CC(c2ccc(OCCO)cc2)(c2ccsc2)NC(=O)C1Sc1ccccc1Cl.O=CO[O-].O=CO[O-].[H-].[H-].[K+].[K+].[K+].[K+]. The molecule has 5 N–H and O–H groups in total. The number of carbonyl (C=O) groups excluding carboxylic acids is 8. The molecule has 2 saturated heterocycles. The van der Waals surface area contributed by atoms with Crippen molar-refractivity contribution in [2.75, 3.05) is 34.5 Å². The molecular formula is C70H66Cl3K4N3O17S6. The van der Waals surface area contributed by atoms with Crippen LogP contribution in [0.2, 0.25) is 15.1 Å². The molecule has 3 aromatic heterocycles. The van der Waals surface area contributed by atoms with Gasteiger partial charge in [-0.1, -0.05) is 129 Å². The molecule has 9 aromatic rings. The molecule has 2 amide bonds. The number of carbonyl (C=O) groups is 8. The number of nitrogens with one attached hydrogen (secondary N) is 2. The van der Waals surface area contributed by atoms with E-state index in [1.54, 1.807) is 83.5 Å². The first-order chi connectivity index (χ1) is 47.8. The van der Waals surface area contributed by atoms with Gasteiger partial charge in [0.15, 0.2) is 5.78 Å². The zero-order valence-corrected chi connectivity index (χ0v) is 76.5. The maximum Gasteiger partial charge on any atom is 1.00 e. The van der Waals surface area contributed by atoms with Crippen LogP contribution in [0.4, 0.5) is 0 Å². The van der Waals surface area contributed by atoms with E-state index in [1.807, 2.05) is 160 Å². The predicted octanol–water partition coefficient (Wildman–Crippen LogP) is 0.130. The second-order valence-corrected chi connectivity index (χ2v) is 27.7. The number of hydrogen-bond acceptors (Lipinski definition) is 24. The number of aliphatic hydroxyl groups excluding tert-OH is 1. The molecule has 33 heteroatoms. The molecule has 0 saturated carbocycles. The fourth-order valence-corrected chi connectivity index (χ4v) is 16.3. The normalized spacial score (nSPS) is 15.8. The molecule has 11 rings (SSSR count). The third kappa shape index (κ3) is 29.9. The topological polar surface area (TPSA) is 308 Å². The summed E-state index contributed by atoms with van der Waals surface area (Å²) in [5.74, 6) is 0.482. The molecule has 4 unspecified atom stereocenters. The quantitative estimate of drug-likeness (QED) is 0.0133. The number of piperidine rings is 2. The Hall–Kier alpha value is -1.51. The number of hydrogen-bond donors (Lipinski definition) is 4. The average Bonchev–Trinajstić information content (AvgIpc) is 1.71. The van der Waals surface area contributed by atoms with Crippen LogP contribution in [0.5, 0.6) is 17.2 Å². The number of ether oxygens (including phenoxy) is 4. The molecule has 0 aliphatic carbocycles. The van der Waals surface area contributed by atoms with Crippen molar-refractivity contribution in [3.8, 4) is 17.2 Å². The first-order valence-corrected chi connectivity index (χ1v) is 36.2. The van der Waals surface area contributed by atoms with Gasteiger partial charge in [0.05, 0.1) is 66.0 Å². The van der Waals surface area contributed by atoms with Crippen LogP contribution >= 0.6 is 102 Å². The Morgan fingerprint density at radius 2 is 1.04 bits per heavy atom. The number of benzene rings is 6. The first-order valence-electron chi connectivity index (χ1n) is 29.2. The van der Waals surface area contributed by atoms with Crippen LogP contribution in [0, 0.1) is 0 Å². The largest absolute Gasteiger partial charge is 1.00 e. The van der Waals surface area contributed by atoms with Crippen LogP contribution in [0.25, 0.3) is 0 Å². The Balaban J connectivity index is 0.00000133. The van der Waals surface area contributed by atoms with Crippen molar-refractivity contribution >= 4 is 150 Å². The van der Waals surface area contributed by atoms with Gasteiger partial charge in [-0.05, 0) is 157 Å². The van der Waals surface area contributed by atoms with Crippen molar-refractivity contribution in [3.63, 3.8) is 0 Å². The second kappa shape index (κ2) is 51.9. The zero-order valence-electron chi connectivity index (χ0n) is 58.9. The smallest absolute Gasteiger partial charge is 1.00 e. The number of rotatable bonds is 22. The van der Waals surface area contributed by atoms with Crippen LogP contribution in [-0.2, 0) is 69.5 Å². The molecule has 524 valence electrons. The summed E-state index contributed by atoms with van der Waals surface area (Å²) in [5.41, 5.74) is 9.01. The van der Waals surface area contributed by atoms with E-state index in [2.05, 4.69) is 25.1 Å². The van der Waals surface area contributed by atoms with Crippen molar-refractivity contribution in [1.29, 1.82) is 0 Å². The van der Waals surface area contributed by atoms with Crippen LogP contribution in [0.15, 0.2) is 211 Å². The molecule has 103 heavy (non-hydrogen) atoms. The summed E-state index contributed by atoms with van der Waals surface area (Å²) in [6.45, 7) is -0.235. The van der Waals surface area contributed by atoms with Gasteiger partial charge in [0.2, 0.25) is 11.8 Å². The van der Waals surface area contributed by atoms with E-state index in [4.69, 9.17) is 80.0 Å². The number of thiophene rings is 3.